The van der Waals surface area contributed by atoms with Gasteiger partial charge in [-0.2, -0.15) is 4.31 Å². The van der Waals surface area contributed by atoms with Crippen LogP contribution >= 0.6 is 11.6 Å². The number of carbonyl (C=O) groups is 2. The Morgan fingerprint density at radius 1 is 1.12 bits per heavy atom. The second-order valence-electron chi connectivity index (χ2n) is 8.49. The van der Waals surface area contributed by atoms with E-state index in [1.54, 1.807) is 6.07 Å². The smallest absolute Gasteiger partial charge is 0.268 e. The number of hydrogen-bond donors (Lipinski definition) is 2. The summed E-state index contributed by atoms with van der Waals surface area (Å²) >= 11 is 5.82. The Balaban J connectivity index is 1.49. The summed E-state index contributed by atoms with van der Waals surface area (Å²) in [5.41, 5.74) is -1.66. The number of carbonyl (C=O) groups excluding carboxylic acids is 2. The van der Waals surface area contributed by atoms with E-state index in [4.69, 9.17) is 11.6 Å². The van der Waals surface area contributed by atoms with E-state index in [0.29, 0.717) is 18.7 Å². The van der Waals surface area contributed by atoms with E-state index in [-0.39, 0.29) is 35.1 Å². The number of amides is 2. The minimum atomic E-state index is -3.71. The number of sulfonamides is 1. The zero-order valence-corrected chi connectivity index (χ0v) is 19.9. The Labute approximate surface area is 202 Å². The molecule has 0 unspecified atom stereocenters. The fourth-order valence-electron chi connectivity index (χ4n) is 4.27. The van der Waals surface area contributed by atoms with Gasteiger partial charge in [-0.3, -0.25) is 9.59 Å². The van der Waals surface area contributed by atoms with E-state index >= 15 is 0 Å². The normalized spacial score (nSPS) is 21.6. The van der Waals surface area contributed by atoms with Crippen molar-refractivity contribution in [3.63, 3.8) is 0 Å². The number of anilines is 1. The average molecular weight is 510 g/mol. The van der Waals surface area contributed by atoms with Crippen molar-refractivity contribution in [2.24, 2.45) is 0 Å². The van der Waals surface area contributed by atoms with Crippen LogP contribution in [-0.4, -0.2) is 54.9 Å². The molecule has 0 spiro atoms. The third-order valence-electron chi connectivity index (χ3n) is 6.13. The van der Waals surface area contributed by atoms with Gasteiger partial charge < -0.3 is 15.3 Å². The van der Waals surface area contributed by atoms with Crippen molar-refractivity contribution in [3.8, 4) is 0 Å². The second-order valence-corrected chi connectivity index (χ2v) is 10.9. The highest BCUT2D eigenvalue weighted by Gasteiger charge is 2.51. The zero-order valence-electron chi connectivity index (χ0n) is 18.3. The highest BCUT2D eigenvalue weighted by molar-refractivity contribution is 7.89. The van der Waals surface area contributed by atoms with Gasteiger partial charge in [0.05, 0.1) is 4.90 Å². The van der Waals surface area contributed by atoms with Crippen molar-refractivity contribution in [2.45, 2.75) is 42.7 Å². The van der Waals surface area contributed by atoms with Crippen LogP contribution in [0.5, 0.6) is 0 Å². The number of benzene rings is 2. The summed E-state index contributed by atoms with van der Waals surface area (Å²) in [6.45, 7) is 0.800. The lowest BCUT2D eigenvalue weighted by atomic mass is 10.0. The van der Waals surface area contributed by atoms with E-state index < -0.39 is 33.3 Å². The summed E-state index contributed by atoms with van der Waals surface area (Å²) in [4.78, 5) is 27.0. The molecule has 1 atom stereocenters. The number of nitrogens with zero attached hydrogens (tertiary/aromatic N) is 2. The Morgan fingerprint density at radius 2 is 1.85 bits per heavy atom. The van der Waals surface area contributed by atoms with E-state index in [9.17, 15) is 27.5 Å². The fourth-order valence-corrected chi connectivity index (χ4v) is 6.07. The maximum Gasteiger partial charge on any atom is 0.268 e. The van der Waals surface area contributed by atoms with Crippen LogP contribution in [0.2, 0.25) is 5.02 Å². The molecule has 2 amide bonds. The quantitative estimate of drug-likeness (QED) is 0.582. The van der Waals surface area contributed by atoms with Crippen LogP contribution in [0.1, 0.15) is 31.2 Å². The van der Waals surface area contributed by atoms with Crippen molar-refractivity contribution < 1.29 is 27.5 Å². The molecule has 182 valence electrons. The monoisotopic (exact) mass is 509 g/mol. The standard InChI is InChI=1S/C23H25ClFN3O5S/c24-17-11-16(12-18(25)13-17)15-26-21(29)23(31)7-10-28(22(23)30)19-5-4-6-20(14-19)34(32,33)27-8-2-1-3-9-27/h4-6,11-14,31H,1-3,7-10,15H2,(H,26,29)/t23-/m0/s1. The van der Waals surface area contributed by atoms with E-state index in [2.05, 4.69) is 5.32 Å². The van der Waals surface area contributed by atoms with Gasteiger partial charge in [-0.1, -0.05) is 24.1 Å². The number of rotatable bonds is 6. The number of piperidine rings is 1. The van der Waals surface area contributed by atoms with Crippen molar-refractivity contribution in [3.05, 3.63) is 58.9 Å². The van der Waals surface area contributed by atoms with Crippen molar-refractivity contribution in [1.82, 2.24) is 9.62 Å². The Bertz CT molecular complexity index is 1200. The lowest BCUT2D eigenvalue weighted by molar-refractivity contribution is -0.149. The van der Waals surface area contributed by atoms with E-state index in [1.165, 1.54) is 39.5 Å². The molecular formula is C23H25ClFN3O5S. The van der Waals surface area contributed by atoms with Gasteiger partial charge in [-0.05, 0) is 54.8 Å². The topological polar surface area (TPSA) is 107 Å². The largest absolute Gasteiger partial charge is 0.372 e. The van der Waals surface area contributed by atoms with E-state index in [1.807, 2.05) is 0 Å². The maximum atomic E-state index is 13.5. The summed E-state index contributed by atoms with van der Waals surface area (Å²) in [5.74, 6) is -2.34. The molecule has 2 saturated heterocycles. The van der Waals surface area contributed by atoms with Crippen LogP contribution in [0.4, 0.5) is 10.1 Å². The molecule has 2 N–H and O–H groups in total. The molecule has 0 radical (unpaired) electrons. The number of hydrogen-bond acceptors (Lipinski definition) is 5. The first kappa shape index (κ1) is 24.6. The maximum absolute atomic E-state index is 13.5. The van der Waals surface area contributed by atoms with Gasteiger partial charge in [0.15, 0.2) is 0 Å². The average Bonchev–Trinajstić information content (AvgIpc) is 3.13. The van der Waals surface area contributed by atoms with Crippen LogP contribution < -0.4 is 10.2 Å². The van der Waals surface area contributed by atoms with E-state index in [0.717, 1.165) is 25.3 Å². The molecule has 2 aliphatic rings. The van der Waals surface area contributed by atoms with Gasteiger partial charge in [0, 0.05) is 43.3 Å². The Kier molecular flexibility index (Phi) is 6.95. The summed E-state index contributed by atoms with van der Waals surface area (Å²) in [6, 6.07) is 9.73. The predicted molar refractivity (Wildman–Crippen MR) is 124 cm³/mol. The number of nitrogens with one attached hydrogen (secondary N) is 1. The van der Waals surface area contributed by atoms with Gasteiger partial charge >= 0.3 is 0 Å². The first-order valence-corrected chi connectivity index (χ1v) is 12.8. The van der Waals surface area contributed by atoms with Crippen LogP contribution in [0.3, 0.4) is 0 Å². The molecule has 4 rings (SSSR count). The molecule has 0 aromatic heterocycles. The Hall–Kier alpha value is -2.53. The first-order chi connectivity index (χ1) is 16.1. The molecule has 2 aromatic carbocycles. The van der Waals surface area contributed by atoms with Crippen LogP contribution in [0, 0.1) is 5.82 Å². The number of aliphatic hydroxyl groups is 1. The fraction of sp³-hybridized carbons (Fsp3) is 0.391. The number of halogens is 2. The third kappa shape index (κ3) is 4.81. The molecule has 0 aliphatic carbocycles. The van der Waals surface area contributed by atoms with Gasteiger partial charge in [0.25, 0.3) is 11.8 Å². The third-order valence-corrected chi connectivity index (χ3v) is 8.24. The molecule has 8 nitrogen and oxygen atoms in total. The minimum absolute atomic E-state index is 0.0295. The van der Waals surface area contributed by atoms with Crippen LogP contribution in [-0.2, 0) is 26.2 Å². The summed E-state index contributed by atoms with van der Waals surface area (Å²) in [6.07, 6.45) is 2.41. The minimum Gasteiger partial charge on any atom is -0.372 e. The molecule has 2 aliphatic heterocycles. The molecule has 0 bridgehead atoms. The molecular weight excluding hydrogens is 485 g/mol. The first-order valence-electron chi connectivity index (χ1n) is 11.0. The lowest BCUT2D eigenvalue weighted by Crippen LogP contribution is -2.52. The van der Waals surface area contributed by atoms with Gasteiger partial charge in [0.2, 0.25) is 15.6 Å². The van der Waals surface area contributed by atoms with Crippen molar-refractivity contribution in [2.75, 3.05) is 24.5 Å². The summed E-state index contributed by atoms with van der Waals surface area (Å²) < 4.78 is 41.0. The lowest BCUT2D eigenvalue weighted by Gasteiger charge is -2.26. The molecule has 0 saturated carbocycles. The van der Waals surface area contributed by atoms with Crippen LogP contribution in [0.25, 0.3) is 0 Å². The van der Waals surface area contributed by atoms with Crippen molar-refractivity contribution >= 4 is 39.1 Å². The molecule has 2 aromatic rings. The summed E-state index contributed by atoms with van der Waals surface area (Å²) in [7, 11) is -3.71. The van der Waals surface area contributed by atoms with Gasteiger partial charge in [-0.25, -0.2) is 12.8 Å². The van der Waals surface area contributed by atoms with Crippen LogP contribution in [0.15, 0.2) is 47.4 Å². The highest BCUT2D eigenvalue weighted by atomic mass is 35.5. The van der Waals surface area contributed by atoms with Crippen molar-refractivity contribution in [1.29, 1.82) is 0 Å². The SMILES string of the molecule is O=C(NCc1cc(F)cc(Cl)c1)[C@@]1(O)CCN(c2cccc(S(=O)(=O)N3CCCCC3)c2)C1=O. The highest BCUT2D eigenvalue weighted by Crippen LogP contribution is 2.31. The molecule has 2 heterocycles. The second kappa shape index (κ2) is 9.61. The predicted octanol–water partition coefficient (Wildman–Crippen LogP) is 2.44. The molecule has 34 heavy (non-hydrogen) atoms. The zero-order chi connectivity index (χ0) is 24.5. The Morgan fingerprint density at radius 3 is 2.56 bits per heavy atom. The molecule has 2 fully saturated rings. The summed E-state index contributed by atoms with van der Waals surface area (Å²) in [5, 5.41) is 13.5. The van der Waals surface area contributed by atoms with Gasteiger partial charge in [-0.15, -0.1) is 0 Å². The molecule has 11 heteroatoms. The van der Waals surface area contributed by atoms with Gasteiger partial charge in [0.1, 0.15) is 5.82 Å².